The van der Waals surface area contributed by atoms with Gasteiger partial charge in [-0.15, -0.1) is 0 Å². The van der Waals surface area contributed by atoms with Crippen LogP contribution in [-0.2, 0) is 0 Å². The van der Waals surface area contributed by atoms with Crippen molar-refractivity contribution in [2.45, 2.75) is 83.6 Å². The zero-order valence-electron chi connectivity index (χ0n) is 13.6. The number of rotatable bonds is 12. The topological polar surface area (TPSA) is 26.0 Å². The molecule has 0 aliphatic heterocycles. The number of nitrogens with two attached hydrogens (primary N) is 1. The minimum absolute atomic E-state index is 0.153. The van der Waals surface area contributed by atoms with Crippen molar-refractivity contribution in [1.29, 1.82) is 0 Å². The first-order valence-corrected chi connectivity index (χ1v) is 8.75. The Kier molecular flexibility index (Phi) is 10.1. The van der Waals surface area contributed by atoms with Gasteiger partial charge in [0.15, 0.2) is 0 Å². The van der Waals surface area contributed by atoms with Gasteiger partial charge in [0.05, 0.1) is 0 Å². The minimum Gasteiger partial charge on any atom is -0.324 e. The standard InChI is InChI=1S/C19H32FN/c1-2-3-4-5-6-7-8-9-10-11-16-19(21)17-14-12-13-15-18(17)20/h12-15,19H,2-11,16,21H2,1H3. The molecule has 1 unspecified atom stereocenters. The Morgan fingerprint density at radius 2 is 1.38 bits per heavy atom. The van der Waals surface area contributed by atoms with Crippen LogP contribution >= 0.6 is 0 Å². The van der Waals surface area contributed by atoms with Crippen LogP contribution in [0.1, 0.15) is 89.2 Å². The van der Waals surface area contributed by atoms with Crippen molar-refractivity contribution in [3.05, 3.63) is 35.6 Å². The second kappa shape index (κ2) is 11.7. The van der Waals surface area contributed by atoms with Gasteiger partial charge in [-0.05, 0) is 12.5 Å². The third kappa shape index (κ3) is 8.21. The largest absolute Gasteiger partial charge is 0.324 e. The van der Waals surface area contributed by atoms with Crippen LogP contribution in [0, 0.1) is 5.82 Å². The van der Waals surface area contributed by atoms with Gasteiger partial charge in [0.2, 0.25) is 0 Å². The van der Waals surface area contributed by atoms with Crippen molar-refractivity contribution in [3.63, 3.8) is 0 Å². The summed E-state index contributed by atoms with van der Waals surface area (Å²) in [6.45, 7) is 2.26. The van der Waals surface area contributed by atoms with Gasteiger partial charge in [-0.2, -0.15) is 0 Å². The van der Waals surface area contributed by atoms with E-state index in [0.29, 0.717) is 5.56 Å². The van der Waals surface area contributed by atoms with Crippen molar-refractivity contribution >= 4 is 0 Å². The summed E-state index contributed by atoms with van der Waals surface area (Å²) >= 11 is 0. The van der Waals surface area contributed by atoms with E-state index in [1.807, 2.05) is 6.07 Å². The first-order valence-electron chi connectivity index (χ1n) is 8.75. The summed E-state index contributed by atoms with van der Waals surface area (Å²) in [5.74, 6) is -0.169. The monoisotopic (exact) mass is 293 g/mol. The molecular weight excluding hydrogens is 261 g/mol. The predicted octanol–water partition coefficient (Wildman–Crippen LogP) is 6.14. The maximum Gasteiger partial charge on any atom is 0.127 e. The van der Waals surface area contributed by atoms with Gasteiger partial charge in [-0.25, -0.2) is 4.39 Å². The Hall–Kier alpha value is -0.890. The van der Waals surface area contributed by atoms with Crippen molar-refractivity contribution < 1.29 is 4.39 Å². The molecule has 0 saturated heterocycles. The summed E-state index contributed by atoms with van der Waals surface area (Å²) in [5.41, 5.74) is 6.73. The lowest BCUT2D eigenvalue weighted by Gasteiger charge is -2.12. The Balaban J connectivity index is 1.98. The van der Waals surface area contributed by atoms with Crippen molar-refractivity contribution in [2.75, 3.05) is 0 Å². The molecule has 0 spiro atoms. The van der Waals surface area contributed by atoms with Gasteiger partial charge in [0.1, 0.15) is 5.82 Å². The summed E-state index contributed by atoms with van der Waals surface area (Å²) in [4.78, 5) is 0. The molecule has 21 heavy (non-hydrogen) atoms. The maximum absolute atomic E-state index is 13.6. The molecule has 0 bridgehead atoms. The zero-order chi connectivity index (χ0) is 15.3. The number of benzene rings is 1. The molecule has 2 N–H and O–H groups in total. The summed E-state index contributed by atoms with van der Waals surface area (Å²) < 4.78 is 13.6. The lowest BCUT2D eigenvalue weighted by molar-refractivity contribution is 0.514. The van der Waals surface area contributed by atoms with Gasteiger partial charge in [-0.3, -0.25) is 0 Å². The van der Waals surface area contributed by atoms with E-state index in [2.05, 4.69) is 6.92 Å². The molecule has 0 saturated carbocycles. The first kappa shape index (κ1) is 18.2. The second-order valence-corrected chi connectivity index (χ2v) is 6.10. The van der Waals surface area contributed by atoms with Crippen LogP contribution < -0.4 is 5.73 Å². The molecule has 0 radical (unpaired) electrons. The molecular formula is C19H32FN. The molecule has 0 amide bonds. The van der Waals surface area contributed by atoms with Crippen LogP contribution in [0.15, 0.2) is 24.3 Å². The summed E-state index contributed by atoms with van der Waals surface area (Å²) in [5, 5.41) is 0. The zero-order valence-corrected chi connectivity index (χ0v) is 13.6. The number of hydrogen-bond acceptors (Lipinski definition) is 1. The fourth-order valence-corrected chi connectivity index (χ4v) is 2.78. The molecule has 1 rings (SSSR count). The molecule has 1 atom stereocenters. The highest BCUT2D eigenvalue weighted by atomic mass is 19.1. The van der Waals surface area contributed by atoms with Crippen molar-refractivity contribution in [2.24, 2.45) is 5.73 Å². The molecule has 0 fully saturated rings. The van der Waals surface area contributed by atoms with Gasteiger partial charge >= 0.3 is 0 Å². The molecule has 0 heterocycles. The van der Waals surface area contributed by atoms with Crippen molar-refractivity contribution in [1.82, 2.24) is 0 Å². The van der Waals surface area contributed by atoms with Gasteiger partial charge in [-0.1, -0.05) is 89.3 Å². The number of unbranched alkanes of at least 4 members (excludes halogenated alkanes) is 9. The highest BCUT2D eigenvalue weighted by Crippen LogP contribution is 2.20. The van der Waals surface area contributed by atoms with E-state index >= 15 is 0 Å². The van der Waals surface area contributed by atoms with Crippen LogP contribution in [0.2, 0.25) is 0 Å². The molecule has 0 aliphatic carbocycles. The predicted molar refractivity (Wildman–Crippen MR) is 89.8 cm³/mol. The van der Waals surface area contributed by atoms with Crippen LogP contribution in [-0.4, -0.2) is 0 Å². The molecule has 1 nitrogen and oxygen atoms in total. The maximum atomic E-state index is 13.6. The SMILES string of the molecule is CCCCCCCCCCCCC(N)c1ccccc1F. The van der Waals surface area contributed by atoms with E-state index < -0.39 is 0 Å². The Bertz CT molecular complexity index is 364. The molecule has 1 aromatic rings. The summed E-state index contributed by atoms with van der Waals surface area (Å²) in [6.07, 6.45) is 14.1. The average molecular weight is 293 g/mol. The van der Waals surface area contributed by atoms with Crippen LogP contribution in [0.25, 0.3) is 0 Å². The van der Waals surface area contributed by atoms with Gasteiger partial charge < -0.3 is 5.73 Å². The van der Waals surface area contributed by atoms with Crippen LogP contribution in [0.5, 0.6) is 0 Å². The minimum atomic E-state index is -0.169. The fourth-order valence-electron chi connectivity index (χ4n) is 2.78. The molecule has 120 valence electrons. The Morgan fingerprint density at radius 1 is 0.857 bits per heavy atom. The molecule has 2 heteroatoms. The van der Waals surface area contributed by atoms with E-state index in [9.17, 15) is 4.39 Å². The second-order valence-electron chi connectivity index (χ2n) is 6.10. The van der Waals surface area contributed by atoms with Gasteiger partial charge in [0.25, 0.3) is 0 Å². The third-order valence-electron chi connectivity index (χ3n) is 4.17. The smallest absolute Gasteiger partial charge is 0.127 e. The van der Waals surface area contributed by atoms with Gasteiger partial charge in [0, 0.05) is 11.6 Å². The van der Waals surface area contributed by atoms with E-state index in [-0.39, 0.29) is 11.9 Å². The van der Waals surface area contributed by atoms with Crippen LogP contribution in [0.3, 0.4) is 0 Å². The lowest BCUT2D eigenvalue weighted by atomic mass is 9.99. The lowest BCUT2D eigenvalue weighted by Crippen LogP contribution is -2.11. The number of hydrogen-bond donors (Lipinski definition) is 1. The van der Waals surface area contributed by atoms with E-state index in [0.717, 1.165) is 12.8 Å². The molecule has 0 aromatic heterocycles. The number of halogens is 1. The first-order chi connectivity index (χ1) is 10.3. The highest BCUT2D eigenvalue weighted by Gasteiger charge is 2.09. The Morgan fingerprint density at radius 3 is 1.95 bits per heavy atom. The van der Waals surface area contributed by atoms with E-state index in [1.165, 1.54) is 63.9 Å². The Labute approximate surface area is 130 Å². The summed E-state index contributed by atoms with van der Waals surface area (Å²) in [6, 6.07) is 6.72. The van der Waals surface area contributed by atoms with E-state index in [1.54, 1.807) is 12.1 Å². The van der Waals surface area contributed by atoms with Crippen molar-refractivity contribution in [3.8, 4) is 0 Å². The van der Waals surface area contributed by atoms with E-state index in [4.69, 9.17) is 5.73 Å². The average Bonchev–Trinajstić information content (AvgIpc) is 2.49. The highest BCUT2D eigenvalue weighted by molar-refractivity contribution is 5.20. The molecule has 0 aliphatic rings. The quantitative estimate of drug-likeness (QED) is 0.460. The normalized spacial score (nSPS) is 12.5. The van der Waals surface area contributed by atoms with Crippen LogP contribution in [0.4, 0.5) is 4.39 Å². The molecule has 1 aromatic carbocycles. The third-order valence-corrected chi connectivity index (χ3v) is 4.17. The fraction of sp³-hybridized carbons (Fsp3) is 0.684. The summed E-state index contributed by atoms with van der Waals surface area (Å²) in [7, 11) is 0.